The van der Waals surface area contributed by atoms with Crippen LogP contribution in [-0.2, 0) is 87.3 Å². The minimum Gasteiger partial charge on any atom is -0.493 e. The number of rotatable bonds is 0. The highest BCUT2D eigenvalue weighted by Gasteiger charge is 2.22. The first-order valence-corrected chi connectivity index (χ1v) is 40.5. The molecule has 3 aliphatic heterocycles. The third-order valence-corrected chi connectivity index (χ3v) is 22.8. The Hall–Kier alpha value is -13.3. The number of imidazole rings is 9. The number of aryl methyl sites for hydroxylation is 15. The molecule has 0 saturated heterocycles. The Bertz CT molecular complexity index is 6580. The van der Waals surface area contributed by atoms with Crippen molar-refractivity contribution in [1.82, 2.24) is 89.7 Å². The zero-order chi connectivity index (χ0) is 79.5. The quantitative estimate of drug-likeness (QED) is 0.0682. The van der Waals surface area contributed by atoms with Gasteiger partial charge in [-0.15, -0.1) is 0 Å². The van der Waals surface area contributed by atoms with Crippen molar-refractivity contribution < 1.29 is 23.0 Å². The fraction of sp³-hybridized carbons (Fsp3) is 0.266. The summed E-state index contributed by atoms with van der Waals surface area (Å²) in [5.74, 6) is 9.81. The number of hydrogen-bond acceptors (Lipinski definition) is 14. The second kappa shape index (κ2) is 31.2. The Morgan fingerprint density at radius 2 is 0.692 bits per heavy atom. The van der Waals surface area contributed by atoms with Crippen molar-refractivity contribution in [2.24, 2.45) is 0 Å². The van der Waals surface area contributed by atoms with Gasteiger partial charge in [0, 0.05) is 46.0 Å². The van der Waals surface area contributed by atoms with Crippen LogP contribution in [0.4, 0.5) is 0 Å². The van der Waals surface area contributed by atoms with Crippen molar-refractivity contribution in [3.05, 3.63) is 265 Å². The van der Waals surface area contributed by atoms with E-state index in [4.69, 9.17) is 23.0 Å². The summed E-state index contributed by atoms with van der Waals surface area (Å²) < 4.78 is 26.8. The fourth-order valence-corrected chi connectivity index (χ4v) is 17.4. The van der Waals surface area contributed by atoms with Crippen molar-refractivity contribution in [2.45, 2.75) is 159 Å². The van der Waals surface area contributed by atoms with Crippen LogP contribution in [0, 0.1) is 62.3 Å². The summed E-state index contributed by atoms with van der Waals surface area (Å²) in [6.45, 7) is 21.5. The van der Waals surface area contributed by atoms with Crippen molar-refractivity contribution in [3.63, 3.8) is 0 Å². The maximum absolute atomic E-state index is 5.46. The lowest BCUT2D eigenvalue weighted by Gasteiger charge is -1.97. The average molecular weight is 1550 g/mol. The molecule has 0 spiro atoms. The number of furan rings is 2. The van der Waals surface area contributed by atoms with Gasteiger partial charge in [-0.1, -0.05) is 42.5 Å². The lowest BCUT2D eigenvalue weighted by Crippen LogP contribution is -1.85. The van der Waals surface area contributed by atoms with E-state index >= 15 is 0 Å². The summed E-state index contributed by atoms with van der Waals surface area (Å²) in [6, 6.07) is 41.9. The van der Waals surface area contributed by atoms with Gasteiger partial charge in [-0.25, -0.2) is 44.9 Å². The van der Waals surface area contributed by atoms with E-state index in [9.17, 15) is 0 Å². The lowest BCUT2D eigenvalue weighted by molar-refractivity contribution is 0.135. The number of allylic oxidation sites excluding steroid dienone is 1. The Morgan fingerprint density at radius 1 is 0.291 bits per heavy atom. The molecule has 0 bridgehead atoms. The maximum Gasteiger partial charge on any atom is 0.136 e. The van der Waals surface area contributed by atoms with Crippen LogP contribution in [0.3, 0.4) is 0 Å². The number of aromatic nitrogens is 18. The summed E-state index contributed by atoms with van der Waals surface area (Å²) in [5.41, 5.74) is 39.7. The van der Waals surface area contributed by atoms with E-state index in [1.807, 2.05) is 105 Å². The first-order chi connectivity index (χ1) is 57.0. The molecule has 9 N–H and O–H groups in total. The Morgan fingerprint density at radius 3 is 1.26 bits per heavy atom. The molecule has 14 heterocycles. The van der Waals surface area contributed by atoms with Crippen LogP contribution in [-0.4, -0.2) is 96.3 Å². The SMILES string of the molecule is Cc1nc2c(ccc3occc32)[nH]1.Cc1nc2c3c(ccc2[nH]1)CC=C3.Cc1nc2c3c(ccc2[nH]1)CCC3.Cc1nc2c3c(ccc2[nH]1)CCC3.Cc1nc2c3c(ccc2[nH]1)COC3.Cc1nc2c3c(ccc2[nH]1)COC3.Cc1nc2cc3c(cc2[nH]1)CCC3.Cc1nc2cc3c(cc2[nH]1)CCO3.Cc1nc2cc3occc3cc2[nH]1. The predicted octanol–water partition coefficient (Wildman–Crippen LogP) is 20.4. The average Bonchev–Trinajstić information content (AvgIpc) is 1.61. The molecule has 9 aromatic carbocycles. The van der Waals surface area contributed by atoms with E-state index < -0.39 is 0 Å². The van der Waals surface area contributed by atoms with E-state index in [0.717, 1.165) is 184 Å². The van der Waals surface area contributed by atoms with Gasteiger partial charge in [0.25, 0.3) is 0 Å². The van der Waals surface area contributed by atoms with Gasteiger partial charge in [-0.2, -0.15) is 0 Å². The second-order valence-corrected chi connectivity index (χ2v) is 31.3. The maximum atomic E-state index is 5.46. The summed E-state index contributed by atoms with van der Waals surface area (Å²) in [5, 5.41) is 2.18. The molecular formula is C94H92N18O5. The topological polar surface area (TPSA) is 312 Å². The molecule has 117 heavy (non-hydrogen) atoms. The van der Waals surface area contributed by atoms with Gasteiger partial charge in [-0.3, -0.25) is 0 Å². The van der Waals surface area contributed by atoms with Crippen molar-refractivity contribution in [1.29, 1.82) is 0 Å². The van der Waals surface area contributed by atoms with Gasteiger partial charge in [0.1, 0.15) is 69.3 Å². The summed E-state index contributed by atoms with van der Waals surface area (Å²) in [4.78, 5) is 69.1. The summed E-state index contributed by atoms with van der Waals surface area (Å²) >= 11 is 0. The van der Waals surface area contributed by atoms with Crippen molar-refractivity contribution in [2.75, 3.05) is 6.61 Å². The monoisotopic (exact) mass is 1550 g/mol. The number of nitrogens with zero attached hydrogens (tertiary/aromatic N) is 9. The van der Waals surface area contributed by atoms with Gasteiger partial charge >= 0.3 is 0 Å². The largest absolute Gasteiger partial charge is 0.493 e. The molecule has 0 atom stereocenters. The Kier molecular flexibility index (Phi) is 19.7. The number of hydrogen-bond donors (Lipinski definition) is 9. The van der Waals surface area contributed by atoms with Gasteiger partial charge in [0.05, 0.1) is 145 Å². The van der Waals surface area contributed by atoms with E-state index in [1.165, 1.54) is 158 Å². The van der Waals surface area contributed by atoms with Gasteiger partial charge in [-0.05, 0) is 261 Å². The highest BCUT2D eigenvalue weighted by Crippen LogP contribution is 2.35. The summed E-state index contributed by atoms with van der Waals surface area (Å²) in [6.07, 6.45) is 21.0. The van der Waals surface area contributed by atoms with Gasteiger partial charge < -0.3 is 67.9 Å². The van der Waals surface area contributed by atoms with E-state index in [-0.39, 0.29) is 0 Å². The molecule has 0 saturated carbocycles. The van der Waals surface area contributed by atoms with E-state index in [2.05, 4.69) is 181 Å². The van der Waals surface area contributed by atoms with Crippen LogP contribution in [0.5, 0.6) is 5.75 Å². The highest BCUT2D eigenvalue weighted by atomic mass is 16.5. The molecule has 7 aliphatic rings. The van der Waals surface area contributed by atoms with Crippen LogP contribution in [0.2, 0.25) is 0 Å². The molecule has 4 aliphatic carbocycles. The van der Waals surface area contributed by atoms with Crippen LogP contribution >= 0.6 is 0 Å². The van der Waals surface area contributed by atoms with E-state index in [1.54, 1.807) is 12.5 Å². The first kappa shape index (κ1) is 73.9. The van der Waals surface area contributed by atoms with Gasteiger partial charge in [0.15, 0.2) is 0 Å². The highest BCUT2D eigenvalue weighted by molar-refractivity contribution is 6.02. The standard InChI is InChI=1S/3C11H12N2.C11H10N2.3C10H10N2O.2C10H8N2O/c1-7-12-10-5-8-3-2-4-9(8)6-11(10)13-7;3*1-7-12-10-6-5-8-3-2-4-9(8)11(10)13-7;2*1-6-11-9-3-2-7-4-13-5-8(7)10(9)12-6;2*1-6-11-8-4-7-2-3-13-10(7)5-9(8)12-6;1-6-11-8-2-3-9-7(4-5-13-9)10(8)12-6/h3*5-6H,2-4H2,1H3,(H,12,13);2,4-6H,3H2,1H3,(H,12,13);2*2-3H,4-5H2,1H3,(H,11,12);4-5H,2-3H2,1H3,(H,11,12);2*2-5H,1H3,(H,11,12). The minimum atomic E-state index is 0.705. The number of aromatic amines is 9. The normalized spacial score (nSPS) is 14.1. The molecule has 11 aromatic heterocycles. The number of ether oxygens (including phenoxy) is 3. The molecular weight excluding hydrogens is 1460 g/mol. The fourth-order valence-electron chi connectivity index (χ4n) is 17.4. The zero-order valence-corrected chi connectivity index (χ0v) is 67.2. The minimum absolute atomic E-state index is 0.705. The van der Waals surface area contributed by atoms with Crippen LogP contribution in [0.1, 0.15) is 144 Å². The lowest BCUT2D eigenvalue weighted by atomic mass is 10.1. The molecule has 23 heteroatoms. The zero-order valence-electron chi connectivity index (χ0n) is 67.2. The third-order valence-electron chi connectivity index (χ3n) is 22.8. The number of nitrogens with one attached hydrogen (secondary N) is 9. The van der Waals surface area contributed by atoms with Crippen LogP contribution in [0.15, 0.2) is 149 Å². The first-order valence-electron chi connectivity index (χ1n) is 40.5. The van der Waals surface area contributed by atoms with E-state index in [0.29, 0.717) is 13.2 Å². The Balaban J connectivity index is 0.0000000876. The number of fused-ring (bicyclic) bond motifs is 24. The molecule has 23 nitrogen and oxygen atoms in total. The summed E-state index contributed by atoms with van der Waals surface area (Å²) in [7, 11) is 0. The molecule has 20 aromatic rings. The van der Waals surface area contributed by atoms with Crippen molar-refractivity contribution in [3.8, 4) is 5.75 Å². The molecule has 0 fully saturated rings. The smallest absolute Gasteiger partial charge is 0.136 e. The second-order valence-electron chi connectivity index (χ2n) is 31.3. The molecule has 0 amide bonds. The van der Waals surface area contributed by atoms with Crippen LogP contribution < -0.4 is 4.74 Å². The molecule has 588 valence electrons. The van der Waals surface area contributed by atoms with Gasteiger partial charge in [0.2, 0.25) is 0 Å². The molecule has 0 radical (unpaired) electrons. The number of benzene rings is 9. The molecule has 0 unspecified atom stereocenters. The van der Waals surface area contributed by atoms with Crippen molar-refractivity contribution >= 4 is 127 Å². The van der Waals surface area contributed by atoms with Crippen LogP contribution in [0.25, 0.3) is 127 Å². The molecule has 27 rings (SSSR count). The Labute approximate surface area is 672 Å². The third kappa shape index (κ3) is 15.1. The predicted molar refractivity (Wildman–Crippen MR) is 462 cm³/mol. The number of H-pyrrole nitrogens is 9.